The summed E-state index contributed by atoms with van der Waals surface area (Å²) in [6.07, 6.45) is 5.53. The van der Waals surface area contributed by atoms with E-state index in [1.165, 1.54) is 11.2 Å². The highest BCUT2D eigenvalue weighted by molar-refractivity contribution is 6.05. The second-order valence-electron chi connectivity index (χ2n) is 6.35. The number of carbonyl (C=O) groups is 2. The number of para-hydroxylation sites is 1. The number of amides is 2. The van der Waals surface area contributed by atoms with Crippen LogP contribution >= 0.6 is 0 Å². The predicted molar refractivity (Wildman–Crippen MR) is 92.1 cm³/mol. The maximum Gasteiger partial charge on any atom is 0.272 e. The van der Waals surface area contributed by atoms with Crippen LogP contribution in [0.25, 0.3) is 10.9 Å². The summed E-state index contributed by atoms with van der Waals surface area (Å²) in [5.74, 6) is -0.561. The van der Waals surface area contributed by atoms with Crippen molar-refractivity contribution in [1.82, 2.24) is 15.2 Å². The van der Waals surface area contributed by atoms with Gasteiger partial charge in [0, 0.05) is 11.4 Å². The van der Waals surface area contributed by atoms with Crippen molar-refractivity contribution >= 4 is 22.7 Å². The van der Waals surface area contributed by atoms with E-state index in [4.69, 9.17) is 5.73 Å². The lowest BCUT2D eigenvalue weighted by molar-refractivity contribution is -0.118. The molecule has 2 aromatic rings. The number of hydrogen-bond acceptors (Lipinski definition) is 4. The Kier molecular flexibility index (Phi) is 4.80. The Bertz CT molecular complexity index is 747. The molecule has 1 heterocycles. The quantitative estimate of drug-likeness (QED) is 0.791. The van der Waals surface area contributed by atoms with Crippen LogP contribution in [0, 0.1) is 0 Å². The number of aromatic nitrogens is 2. The smallest absolute Gasteiger partial charge is 0.272 e. The summed E-state index contributed by atoms with van der Waals surface area (Å²) in [5, 5.41) is 8.06. The molecule has 24 heavy (non-hydrogen) atoms. The SMILES string of the molecule is CC(N)C(=O)Nn1nc(C(=O)NC2CCCCC2)c2ccccc21. The van der Waals surface area contributed by atoms with E-state index in [-0.39, 0.29) is 17.9 Å². The molecular formula is C17H23N5O2. The molecule has 0 saturated heterocycles. The Hall–Kier alpha value is -2.41. The molecule has 0 bridgehead atoms. The van der Waals surface area contributed by atoms with Gasteiger partial charge in [0.2, 0.25) is 0 Å². The number of nitrogens with one attached hydrogen (secondary N) is 2. The highest BCUT2D eigenvalue weighted by atomic mass is 16.2. The van der Waals surface area contributed by atoms with Gasteiger partial charge in [-0.2, -0.15) is 4.79 Å². The van der Waals surface area contributed by atoms with Crippen molar-refractivity contribution in [2.45, 2.75) is 51.1 Å². The Morgan fingerprint density at radius 2 is 1.96 bits per heavy atom. The normalized spacial score (nSPS) is 16.8. The third kappa shape index (κ3) is 3.41. The first-order valence-electron chi connectivity index (χ1n) is 8.41. The first-order chi connectivity index (χ1) is 11.6. The molecular weight excluding hydrogens is 306 g/mol. The maximum absolute atomic E-state index is 12.6. The van der Waals surface area contributed by atoms with E-state index >= 15 is 0 Å². The van der Waals surface area contributed by atoms with Crippen LogP contribution in [-0.2, 0) is 4.79 Å². The average Bonchev–Trinajstić information content (AvgIpc) is 2.94. The fourth-order valence-corrected chi connectivity index (χ4v) is 3.03. The largest absolute Gasteiger partial charge is 0.348 e. The number of nitrogens with two attached hydrogens (primary N) is 1. The van der Waals surface area contributed by atoms with Crippen LogP contribution in [0.5, 0.6) is 0 Å². The molecule has 1 atom stereocenters. The summed E-state index contributed by atoms with van der Waals surface area (Å²) in [6, 6.07) is 6.86. The summed E-state index contributed by atoms with van der Waals surface area (Å²) < 4.78 is 0. The van der Waals surface area contributed by atoms with E-state index in [9.17, 15) is 9.59 Å². The van der Waals surface area contributed by atoms with Crippen molar-refractivity contribution in [2.75, 3.05) is 5.43 Å². The van der Waals surface area contributed by atoms with Crippen LogP contribution in [0.3, 0.4) is 0 Å². The van der Waals surface area contributed by atoms with E-state index in [1.54, 1.807) is 13.0 Å². The summed E-state index contributed by atoms with van der Waals surface area (Å²) in [7, 11) is 0. The van der Waals surface area contributed by atoms with Crippen molar-refractivity contribution in [3.63, 3.8) is 0 Å². The minimum absolute atomic E-state index is 0.202. The molecule has 4 N–H and O–H groups in total. The molecule has 1 aromatic carbocycles. The van der Waals surface area contributed by atoms with E-state index in [0.717, 1.165) is 25.7 Å². The topological polar surface area (TPSA) is 102 Å². The van der Waals surface area contributed by atoms with Crippen LogP contribution < -0.4 is 16.5 Å². The standard InChI is InChI=1S/C17H23N5O2/c1-11(18)16(23)21-22-14-10-6-5-9-13(14)15(20-22)17(24)19-12-7-3-2-4-8-12/h5-6,9-12H,2-4,7-8,18H2,1H3,(H,19,24)(H,21,23). The fraction of sp³-hybridized carbons (Fsp3) is 0.471. The zero-order chi connectivity index (χ0) is 17.1. The zero-order valence-corrected chi connectivity index (χ0v) is 13.8. The number of rotatable bonds is 4. The average molecular weight is 329 g/mol. The number of benzene rings is 1. The van der Waals surface area contributed by atoms with Crippen molar-refractivity contribution in [3.05, 3.63) is 30.0 Å². The highest BCUT2D eigenvalue weighted by Gasteiger charge is 2.22. The molecule has 7 nitrogen and oxygen atoms in total. The van der Waals surface area contributed by atoms with Gasteiger partial charge in [0.25, 0.3) is 11.8 Å². The second kappa shape index (κ2) is 7.00. The second-order valence-corrected chi connectivity index (χ2v) is 6.35. The third-order valence-electron chi connectivity index (χ3n) is 4.37. The lowest BCUT2D eigenvalue weighted by atomic mass is 9.95. The molecule has 1 aliphatic carbocycles. The third-order valence-corrected chi connectivity index (χ3v) is 4.37. The van der Waals surface area contributed by atoms with Crippen LogP contribution in [0.2, 0.25) is 0 Å². The fourth-order valence-electron chi connectivity index (χ4n) is 3.03. The minimum atomic E-state index is -0.660. The van der Waals surface area contributed by atoms with Gasteiger partial charge < -0.3 is 11.1 Å². The van der Waals surface area contributed by atoms with Gasteiger partial charge in [0.15, 0.2) is 5.69 Å². The molecule has 2 amide bonds. The summed E-state index contributed by atoms with van der Waals surface area (Å²) in [5.41, 5.74) is 9.20. The summed E-state index contributed by atoms with van der Waals surface area (Å²) >= 11 is 0. The molecule has 7 heteroatoms. The lowest BCUT2D eigenvalue weighted by Gasteiger charge is -2.22. The number of nitrogens with zero attached hydrogens (tertiary/aromatic N) is 2. The van der Waals surface area contributed by atoms with Gasteiger partial charge in [-0.3, -0.25) is 9.59 Å². The first-order valence-corrected chi connectivity index (χ1v) is 8.41. The number of carbonyl (C=O) groups excluding carboxylic acids is 2. The molecule has 0 aliphatic heterocycles. The summed E-state index contributed by atoms with van der Waals surface area (Å²) in [6.45, 7) is 1.59. The first kappa shape index (κ1) is 16.4. The molecule has 1 aromatic heterocycles. The Morgan fingerprint density at radius 1 is 1.25 bits per heavy atom. The molecule has 0 radical (unpaired) electrons. The molecule has 1 aliphatic rings. The Balaban J connectivity index is 1.87. The van der Waals surface area contributed by atoms with E-state index < -0.39 is 6.04 Å². The monoisotopic (exact) mass is 329 g/mol. The zero-order valence-electron chi connectivity index (χ0n) is 13.8. The lowest BCUT2D eigenvalue weighted by Crippen LogP contribution is -2.38. The molecule has 1 fully saturated rings. The van der Waals surface area contributed by atoms with E-state index in [2.05, 4.69) is 15.8 Å². The summed E-state index contributed by atoms with van der Waals surface area (Å²) in [4.78, 5) is 25.8. The minimum Gasteiger partial charge on any atom is -0.348 e. The van der Waals surface area contributed by atoms with Crippen LogP contribution in [0.4, 0.5) is 0 Å². The van der Waals surface area contributed by atoms with Gasteiger partial charge >= 0.3 is 0 Å². The van der Waals surface area contributed by atoms with E-state index in [0.29, 0.717) is 16.6 Å². The Labute approximate surface area is 140 Å². The van der Waals surface area contributed by atoms with Crippen molar-refractivity contribution in [1.29, 1.82) is 0 Å². The van der Waals surface area contributed by atoms with Crippen LogP contribution in [0.1, 0.15) is 49.5 Å². The maximum atomic E-state index is 12.6. The van der Waals surface area contributed by atoms with E-state index in [1.807, 2.05) is 18.2 Å². The predicted octanol–water partition coefficient (Wildman–Crippen LogP) is 1.52. The molecule has 0 spiro atoms. The molecule has 3 rings (SSSR count). The van der Waals surface area contributed by atoms with Gasteiger partial charge in [-0.15, -0.1) is 5.10 Å². The molecule has 1 saturated carbocycles. The van der Waals surface area contributed by atoms with Gasteiger partial charge in [-0.05, 0) is 25.8 Å². The number of hydrogen-bond donors (Lipinski definition) is 3. The Morgan fingerprint density at radius 3 is 2.67 bits per heavy atom. The van der Waals surface area contributed by atoms with Gasteiger partial charge in [0.1, 0.15) is 0 Å². The molecule has 128 valence electrons. The number of fused-ring (bicyclic) bond motifs is 1. The van der Waals surface area contributed by atoms with Crippen LogP contribution in [-0.4, -0.2) is 33.8 Å². The molecule has 1 unspecified atom stereocenters. The van der Waals surface area contributed by atoms with Gasteiger partial charge in [0.05, 0.1) is 11.6 Å². The van der Waals surface area contributed by atoms with Crippen LogP contribution in [0.15, 0.2) is 24.3 Å². The van der Waals surface area contributed by atoms with Crippen molar-refractivity contribution in [2.24, 2.45) is 5.73 Å². The van der Waals surface area contributed by atoms with Gasteiger partial charge in [-0.25, -0.2) is 5.43 Å². The van der Waals surface area contributed by atoms with Gasteiger partial charge in [-0.1, -0.05) is 37.5 Å². The van der Waals surface area contributed by atoms with Crippen molar-refractivity contribution < 1.29 is 9.59 Å². The highest BCUT2D eigenvalue weighted by Crippen LogP contribution is 2.20. The van der Waals surface area contributed by atoms with Crippen molar-refractivity contribution in [3.8, 4) is 0 Å².